The summed E-state index contributed by atoms with van der Waals surface area (Å²) in [5.41, 5.74) is 3.64. The molecule has 0 saturated heterocycles. The van der Waals surface area contributed by atoms with Gasteiger partial charge in [0.2, 0.25) is 0 Å². The van der Waals surface area contributed by atoms with Gasteiger partial charge < -0.3 is 0 Å². The van der Waals surface area contributed by atoms with Gasteiger partial charge in [0.1, 0.15) is 0 Å². The standard InChI is InChI=1S/C27H37N3/c1-3-5-7-8-9-22-19-29-26(30-20-22)25-12-10-23(11-13-25)24-14-17-27(21-28,18-15-24)16-6-4-2/h10-13,19-20,24H,3-9,14-18H2,1-2H3. The minimum atomic E-state index is -0.0709. The van der Waals surface area contributed by atoms with Crippen molar-refractivity contribution in [3.05, 3.63) is 47.8 Å². The maximum atomic E-state index is 9.71. The average Bonchev–Trinajstić information content (AvgIpc) is 2.81. The van der Waals surface area contributed by atoms with E-state index >= 15 is 0 Å². The van der Waals surface area contributed by atoms with E-state index in [2.05, 4.69) is 54.2 Å². The Labute approximate surface area is 183 Å². The molecule has 0 atom stereocenters. The van der Waals surface area contributed by atoms with Crippen molar-refractivity contribution in [2.45, 2.75) is 96.8 Å². The van der Waals surface area contributed by atoms with Crippen LogP contribution in [0, 0.1) is 16.7 Å². The monoisotopic (exact) mass is 403 g/mol. The third-order valence-corrected chi connectivity index (χ3v) is 6.85. The Kier molecular flexibility index (Phi) is 8.43. The molecule has 0 aliphatic heterocycles. The molecule has 0 radical (unpaired) electrons. The summed E-state index contributed by atoms with van der Waals surface area (Å²) in [5.74, 6) is 1.39. The first-order chi connectivity index (χ1) is 14.7. The smallest absolute Gasteiger partial charge is 0.159 e. The summed E-state index contributed by atoms with van der Waals surface area (Å²) < 4.78 is 0. The van der Waals surface area contributed by atoms with Crippen LogP contribution in [-0.2, 0) is 6.42 Å². The molecule has 30 heavy (non-hydrogen) atoms. The van der Waals surface area contributed by atoms with E-state index < -0.39 is 0 Å². The Hall–Kier alpha value is -2.21. The quantitative estimate of drug-likeness (QED) is 0.383. The van der Waals surface area contributed by atoms with Crippen molar-refractivity contribution in [1.82, 2.24) is 9.97 Å². The van der Waals surface area contributed by atoms with Gasteiger partial charge in [-0.3, -0.25) is 0 Å². The molecular weight excluding hydrogens is 366 g/mol. The fourth-order valence-corrected chi connectivity index (χ4v) is 4.73. The van der Waals surface area contributed by atoms with Crippen LogP contribution in [0.4, 0.5) is 0 Å². The minimum absolute atomic E-state index is 0.0709. The number of nitriles is 1. The predicted molar refractivity (Wildman–Crippen MR) is 124 cm³/mol. The minimum Gasteiger partial charge on any atom is -0.236 e. The lowest BCUT2D eigenvalue weighted by Crippen LogP contribution is -2.25. The Morgan fingerprint density at radius 2 is 1.60 bits per heavy atom. The average molecular weight is 404 g/mol. The lowest BCUT2D eigenvalue weighted by molar-refractivity contribution is 0.224. The summed E-state index contributed by atoms with van der Waals surface area (Å²) in [7, 11) is 0. The van der Waals surface area contributed by atoms with Gasteiger partial charge in [-0.1, -0.05) is 70.2 Å². The first kappa shape index (κ1) is 22.5. The van der Waals surface area contributed by atoms with Gasteiger partial charge in [-0.05, 0) is 62.0 Å². The molecule has 0 bridgehead atoms. The molecule has 1 aliphatic carbocycles. The summed E-state index contributed by atoms with van der Waals surface area (Å²) in [6.45, 7) is 4.45. The molecule has 1 aliphatic rings. The number of benzene rings is 1. The van der Waals surface area contributed by atoms with Crippen LogP contribution in [-0.4, -0.2) is 9.97 Å². The van der Waals surface area contributed by atoms with Crippen molar-refractivity contribution in [3.63, 3.8) is 0 Å². The Morgan fingerprint density at radius 3 is 2.20 bits per heavy atom. The van der Waals surface area contributed by atoms with E-state index in [9.17, 15) is 5.26 Å². The zero-order valence-electron chi connectivity index (χ0n) is 18.9. The molecule has 1 saturated carbocycles. The molecule has 0 spiro atoms. The predicted octanol–water partition coefficient (Wildman–Crippen LogP) is 7.62. The number of rotatable bonds is 10. The third-order valence-electron chi connectivity index (χ3n) is 6.85. The van der Waals surface area contributed by atoms with E-state index in [0.29, 0.717) is 5.92 Å². The van der Waals surface area contributed by atoms with Gasteiger partial charge in [-0.2, -0.15) is 5.26 Å². The van der Waals surface area contributed by atoms with Crippen LogP contribution in [0.5, 0.6) is 0 Å². The van der Waals surface area contributed by atoms with Crippen molar-refractivity contribution in [1.29, 1.82) is 5.26 Å². The third kappa shape index (κ3) is 5.91. The zero-order chi connectivity index (χ0) is 21.2. The topological polar surface area (TPSA) is 49.6 Å². The second kappa shape index (κ2) is 11.3. The molecule has 0 unspecified atom stereocenters. The lowest BCUT2D eigenvalue weighted by Gasteiger charge is -2.35. The van der Waals surface area contributed by atoms with Gasteiger partial charge in [-0.25, -0.2) is 9.97 Å². The molecule has 3 rings (SSSR count). The highest BCUT2D eigenvalue weighted by Gasteiger charge is 2.35. The molecular formula is C27H37N3. The maximum absolute atomic E-state index is 9.71. The highest BCUT2D eigenvalue weighted by atomic mass is 14.9. The van der Waals surface area contributed by atoms with Crippen molar-refractivity contribution in [2.75, 3.05) is 0 Å². The van der Waals surface area contributed by atoms with Crippen LogP contribution in [0.2, 0.25) is 0 Å². The van der Waals surface area contributed by atoms with E-state index in [-0.39, 0.29) is 5.41 Å². The molecule has 1 aromatic carbocycles. The molecule has 160 valence electrons. The number of hydrogen-bond acceptors (Lipinski definition) is 3. The molecule has 3 nitrogen and oxygen atoms in total. The zero-order valence-corrected chi connectivity index (χ0v) is 18.9. The van der Waals surface area contributed by atoms with Crippen LogP contribution < -0.4 is 0 Å². The van der Waals surface area contributed by atoms with Gasteiger partial charge in [0.15, 0.2) is 5.82 Å². The van der Waals surface area contributed by atoms with E-state index in [1.165, 1.54) is 49.7 Å². The summed E-state index contributed by atoms with van der Waals surface area (Å²) in [4.78, 5) is 9.20. The maximum Gasteiger partial charge on any atom is 0.159 e. The van der Waals surface area contributed by atoms with E-state index in [0.717, 1.165) is 49.9 Å². The van der Waals surface area contributed by atoms with Gasteiger partial charge in [0.05, 0.1) is 11.5 Å². The number of aryl methyl sites for hydroxylation is 1. The first-order valence-corrected chi connectivity index (χ1v) is 12.0. The van der Waals surface area contributed by atoms with Gasteiger partial charge in [0.25, 0.3) is 0 Å². The number of hydrogen-bond donors (Lipinski definition) is 0. The molecule has 1 aromatic heterocycles. The summed E-state index contributed by atoms with van der Waals surface area (Å²) in [6, 6.07) is 11.5. The van der Waals surface area contributed by atoms with Crippen molar-refractivity contribution in [3.8, 4) is 17.5 Å². The number of aromatic nitrogens is 2. The van der Waals surface area contributed by atoms with Crippen LogP contribution in [0.1, 0.15) is 102 Å². The van der Waals surface area contributed by atoms with Crippen LogP contribution in [0.25, 0.3) is 11.4 Å². The SMILES string of the molecule is CCCCCCc1cnc(-c2ccc(C3CCC(C#N)(CCCC)CC3)cc2)nc1. The molecule has 0 amide bonds. The molecule has 0 N–H and O–H groups in total. The fraction of sp³-hybridized carbons (Fsp3) is 0.593. The highest BCUT2D eigenvalue weighted by Crippen LogP contribution is 2.45. The highest BCUT2D eigenvalue weighted by molar-refractivity contribution is 5.55. The van der Waals surface area contributed by atoms with Gasteiger partial charge in [0, 0.05) is 18.0 Å². The largest absolute Gasteiger partial charge is 0.236 e. The van der Waals surface area contributed by atoms with Gasteiger partial charge in [-0.15, -0.1) is 0 Å². The summed E-state index contributed by atoms with van der Waals surface area (Å²) in [5, 5.41) is 9.71. The fourth-order valence-electron chi connectivity index (χ4n) is 4.73. The molecule has 3 heteroatoms. The summed E-state index contributed by atoms with van der Waals surface area (Å²) >= 11 is 0. The second-order valence-corrected chi connectivity index (χ2v) is 9.12. The normalized spacial score (nSPS) is 21.3. The Morgan fingerprint density at radius 1 is 0.933 bits per heavy atom. The molecule has 2 aromatic rings. The van der Waals surface area contributed by atoms with Crippen molar-refractivity contribution < 1.29 is 0 Å². The van der Waals surface area contributed by atoms with Crippen molar-refractivity contribution in [2.24, 2.45) is 5.41 Å². The van der Waals surface area contributed by atoms with Crippen molar-refractivity contribution >= 4 is 0 Å². The van der Waals surface area contributed by atoms with E-state index in [4.69, 9.17) is 0 Å². The Balaban J connectivity index is 1.56. The number of unbranched alkanes of at least 4 members (excludes halogenated alkanes) is 4. The van der Waals surface area contributed by atoms with E-state index in [1.807, 2.05) is 12.4 Å². The molecule has 1 fully saturated rings. The summed E-state index contributed by atoms with van der Waals surface area (Å²) in [6.07, 6.45) is 17.9. The lowest BCUT2D eigenvalue weighted by atomic mass is 9.67. The van der Waals surface area contributed by atoms with Crippen LogP contribution >= 0.6 is 0 Å². The Bertz CT molecular complexity index is 793. The van der Waals surface area contributed by atoms with E-state index in [1.54, 1.807) is 0 Å². The van der Waals surface area contributed by atoms with Crippen LogP contribution in [0.3, 0.4) is 0 Å². The number of nitrogens with zero attached hydrogens (tertiary/aromatic N) is 3. The first-order valence-electron chi connectivity index (χ1n) is 12.0. The second-order valence-electron chi connectivity index (χ2n) is 9.12. The van der Waals surface area contributed by atoms with Crippen LogP contribution in [0.15, 0.2) is 36.7 Å². The molecule has 1 heterocycles. The van der Waals surface area contributed by atoms with Gasteiger partial charge >= 0.3 is 0 Å².